The van der Waals surface area contributed by atoms with Gasteiger partial charge in [0.25, 0.3) is 0 Å². The van der Waals surface area contributed by atoms with Gasteiger partial charge in [-0.05, 0) is 68.9 Å². The lowest BCUT2D eigenvalue weighted by molar-refractivity contribution is -0.144. The molecule has 18 heavy (non-hydrogen) atoms. The second-order valence-corrected chi connectivity index (χ2v) is 4.80. The van der Waals surface area contributed by atoms with E-state index in [-0.39, 0.29) is 5.97 Å². The van der Waals surface area contributed by atoms with Crippen LogP contribution in [0.3, 0.4) is 0 Å². The molecule has 0 radical (unpaired) electrons. The number of aryl methyl sites for hydroxylation is 2. The van der Waals surface area contributed by atoms with E-state index in [2.05, 4.69) is 33.8 Å². The zero-order chi connectivity index (χ0) is 13.9. The molecule has 1 rings (SSSR count). The summed E-state index contributed by atoms with van der Waals surface area (Å²) < 4.78 is 4.95. The van der Waals surface area contributed by atoms with Crippen LogP contribution in [0.5, 0.6) is 0 Å². The first-order valence-electron chi connectivity index (χ1n) is 6.37. The fraction of sp³-hybridized carbons (Fsp3) is 0.533. The fourth-order valence-electron chi connectivity index (χ4n) is 2.16. The Morgan fingerprint density at radius 2 is 1.72 bits per heavy atom. The van der Waals surface area contributed by atoms with Gasteiger partial charge in [-0.15, -0.1) is 0 Å². The van der Waals surface area contributed by atoms with Crippen LogP contribution in [0.4, 0.5) is 0 Å². The van der Waals surface area contributed by atoms with E-state index in [0.717, 1.165) is 0 Å². The van der Waals surface area contributed by atoms with Gasteiger partial charge in [0.2, 0.25) is 0 Å². The average molecular weight is 249 g/mol. The van der Waals surface area contributed by atoms with Gasteiger partial charge in [0.05, 0.1) is 6.61 Å². The molecule has 0 saturated heterocycles. The van der Waals surface area contributed by atoms with E-state index < -0.39 is 6.04 Å². The average Bonchev–Trinajstić information content (AvgIpc) is 2.32. The lowest BCUT2D eigenvalue weighted by atomic mass is 9.90. The van der Waals surface area contributed by atoms with Gasteiger partial charge in [-0.25, -0.2) is 0 Å². The maximum atomic E-state index is 11.6. The molecule has 0 bridgehead atoms. The lowest BCUT2D eigenvalue weighted by Gasteiger charge is -2.18. The number of nitrogens with two attached hydrogens (primary N) is 1. The Hall–Kier alpha value is -1.35. The minimum Gasteiger partial charge on any atom is -0.465 e. The molecule has 1 unspecified atom stereocenters. The maximum Gasteiger partial charge on any atom is 0.323 e. The predicted octanol–water partition coefficient (Wildman–Crippen LogP) is 2.35. The van der Waals surface area contributed by atoms with Crippen molar-refractivity contribution in [2.75, 3.05) is 6.61 Å². The lowest BCUT2D eigenvalue weighted by Crippen LogP contribution is -2.35. The van der Waals surface area contributed by atoms with E-state index >= 15 is 0 Å². The molecule has 1 aromatic carbocycles. The van der Waals surface area contributed by atoms with Crippen molar-refractivity contribution in [2.24, 2.45) is 5.73 Å². The summed E-state index contributed by atoms with van der Waals surface area (Å²) in [7, 11) is 0. The second kappa shape index (κ2) is 6.01. The Kier molecular flexibility index (Phi) is 4.91. The van der Waals surface area contributed by atoms with Gasteiger partial charge in [0, 0.05) is 0 Å². The minimum absolute atomic E-state index is 0.324. The zero-order valence-electron chi connectivity index (χ0n) is 12.0. The number of carbonyl (C=O) groups is 1. The van der Waals surface area contributed by atoms with E-state index in [1.54, 1.807) is 6.92 Å². The van der Waals surface area contributed by atoms with Gasteiger partial charge in [-0.2, -0.15) is 0 Å². The van der Waals surface area contributed by atoms with Crippen molar-refractivity contribution in [2.45, 2.75) is 47.1 Å². The van der Waals surface area contributed by atoms with Gasteiger partial charge in [0.15, 0.2) is 0 Å². The highest BCUT2D eigenvalue weighted by atomic mass is 16.5. The molecule has 0 heterocycles. The second-order valence-electron chi connectivity index (χ2n) is 4.80. The van der Waals surface area contributed by atoms with Crippen molar-refractivity contribution in [1.29, 1.82) is 0 Å². The van der Waals surface area contributed by atoms with Crippen LogP contribution in [-0.2, 0) is 16.0 Å². The Bertz CT molecular complexity index is 426. The predicted molar refractivity (Wildman–Crippen MR) is 73.7 cm³/mol. The molecule has 0 spiro atoms. The van der Waals surface area contributed by atoms with Crippen molar-refractivity contribution in [3.8, 4) is 0 Å². The number of ether oxygens (including phenoxy) is 1. The summed E-state index contributed by atoms with van der Waals surface area (Å²) in [6.07, 6.45) is 0.541. The number of esters is 1. The highest BCUT2D eigenvalue weighted by Gasteiger charge is 2.18. The standard InChI is InChI=1S/C15H23NO2/c1-6-18-15(17)14(16)8-13-11(4)9(2)7-10(3)12(13)5/h7,14H,6,8,16H2,1-5H3. The summed E-state index contributed by atoms with van der Waals surface area (Å²) in [5.74, 6) is -0.324. The monoisotopic (exact) mass is 249 g/mol. The first-order chi connectivity index (χ1) is 8.38. The van der Waals surface area contributed by atoms with Crippen LogP contribution >= 0.6 is 0 Å². The Morgan fingerprint density at radius 1 is 1.22 bits per heavy atom. The molecular formula is C15H23NO2. The third-order valence-electron chi connectivity index (χ3n) is 3.53. The Morgan fingerprint density at radius 3 is 2.17 bits per heavy atom. The van der Waals surface area contributed by atoms with Crippen molar-refractivity contribution in [3.05, 3.63) is 33.9 Å². The van der Waals surface area contributed by atoms with Crippen LogP contribution in [0.15, 0.2) is 6.07 Å². The van der Waals surface area contributed by atoms with Crippen LogP contribution in [0.2, 0.25) is 0 Å². The van der Waals surface area contributed by atoms with Crippen molar-refractivity contribution in [3.63, 3.8) is 0 Å². The zero-order valence-corrected chi connectivity index (χ0v) is 12.0. The fourth-order valence-corrected chi connectivity index (χ4v) is 2.16. The summed E-state index contributed by atoms with van der Waals surface area (Å²) in [6, 6.07) is 1.59. The van der Waals surface area contributed by atoms with Gasteiger partial charge in [-0.3, -0.25) is 4.79 Å². The molecular weight excluding hydrogens is 226 g/mol. The molecule has 1 aromatic rings. The summed E-state index contributed by atoms with van der Waals surface area (Å²) >= 11 is 0. The molecule has 0 amide bonds. The van der Waals surface area contributed by atoms with E-state index in [1.807, 2.05) is 0 Å². The van der Waals surface area contributed by atoms with Gasteiger partial charge < -0.3 is 10.5 Å². The van der Waals surface area contributed by atoms with Gasteiger partial charge in [0.1, 0.15) is 6.04 Å². The van der Waals surface area contributed by atoms with Crippen LogP contribution in [0.1, 0.15) is 34.7 Å². The summed E-state index contributed by atoms with van der Waals surface area (Å²) in [5, 5.41) is 0. The van der Waals surface area contributed by atoms with Crippen LogP contribution in [0.25, 0.3) is 0 Å². The molecule has 0 aliphatic carbocycles. The largest absolute Gasteiger partial charge is 0.465 e. The number of carbonyl (C=O) groups excluding carboxylic acids is 1. The molecule has 0 fully saturated rings. The first kappa shape index (κ1) is 14.7. The highest BCUT2D eigenvalue weighted by Crippen LogP contribution is 2.22. The normalized spacial score (nSPS) is 12.3. The molecule has 0 saturated carbocycles. The Balaban J connectivity index is 3.00. The smallest absolute Gasteiger partial charge is 0.323 e. The number of hydrogen-bond acceptors (Lipinski definition) is 3. The van der Waals surface area contributed by atoms with Crippen molar-refractivity contribution < 1.29 is 9.53 Å². The van der Waals surface area contributed by atoms with Crippen LogP contribution in [-0.4, -0.2) is 18.6 Å². The van der Waals surface area contributed by atoms with Gasteiger partial charge in [-0.1, -0.05) is 6.07 Å². The van der Waals surface area contributed by atoms with E-state index in [0.29, 0.717) is 13.0 Å². The Labute approximate surface area is 109 Å². The molecule has 3 nitrogen and oxygen atoms in total. The van der Waals surface area contributed by atoms with E-state index in [4.69, 9.17) is 10.5 Å². The number of hydrogen-bond donors (Lipinski definition) is 1. The third kappa shape index (κ3) is 3.10. The molecule has 1 atom stereocenters. The third-order valence-corrected chi connectivity index (χ3v) is 3.53. The molecule has 0 aliphatic heterocycles. The van der Waals surface area contributed by atoms with E-state index in [1.165, 1.54) is 27.8 Å². The number of rotatable bonds is 4. The molecule has 3 heteroatoms. The van der Waals surface area contributed by atoms with E-state index in [9.17, 15) is 4.79 Å². The molecule has 2 N–H and O–H groups in total. The summed E-state index contributed by atoms with van der Waals surface area (Å²) in [6.45, 7) is 10.5. The SMILES string of the molecule is CCOC(=O)C(N)Cc1c(C)c(C)cc(C)c1C. The summed E-state index contributed by atoms with van der Waals surface area (Å²) in [4.78, 5) is 11.6. The van der Waals surface area contributed by atoms with Crippen molar-refractivity contribution >= 4 is 5.97 Å². The molecule has 0 aliphatic rings. The molecule has 0 aromatic heterocycles. The minimum atomic E-state index is -0.580. The quantitative estimate of drug-likeness (QED) is 0.833. The molecule has 100 valence electrons. The van der Waals surface area contributed by atoms with Gasteiger partial charge >= 0.3 is 5.97 Å². The highest BCUT2D eigenvalue weighted by molar-refractivity contribution is 5.76. The van der Waals surface area contributed by atoms with Crippen LogP contribution in [0, 0.1) is 27.7 Å². The number of benzene rings is 1. The summed E-state index contributed by atoms with van der Waals surface area (Å²) in [5.41, 5.74) is 12.0. The van der Waals surface area contributed by atoms with Crippen molar-refractivity contribution in [1.82, 2.24) is 0 Å². The van der Waals surface area contributed by atoms with Crippen LogP contribution < -0.4 is 5.73 Å². The maximum absolute atomic E-state index is 11.6. The topological polar surface area (TPSA) is 52.3 Å². The first-order valence-corrected chi connectivity index (χ1v) is 6.37.